The zero-order valence-electron chi connectivity index (χ0n) is 9.52. The fourth-order valence-corrected chi connectivity index (χ4v) is 3.76. The van der Waals surface area contributed by atoms with Crippen molar-refractivity contribution >= 4 is 15.5 Å². The Morgan fingerprint density at radius 1 is 1.53 bits per heavy atom. The number of aryl methyl sites for hydroxylation is 1. The predicted molar refractivity (Wildman–Crippen MR) is 62.8 cm³/mol. The fraction of sp³-hybridized carbons (Fsp3) is 0.364. The summed E-state index contributed by atoms with van der Waals surface area (Å²) in [5, 5.41) is 11.8. The van der Waals surface area contributed by atoms with Gasteiger partial charge < -0.3 is 10.1 Å². The second-order valence-electron chi connectivity index (χ2n) is 3.90. The summed E-state index contributed by atoms with van der Waals surface area (Å²) in [5.41, 5.74) is 1.05. The normalized spacial score (nSPS) is 20.9. The van der Waals surface area contributed by atoms with E-state index in [-0.39, 0.29) is 10.6 Å². The van der Waals surface area contributed by atoms with Crippen molar-refractivity contribution in [3.63, 3.8) is 0 Å². The number of hydrogen-bond acceptors (Lipinski definition) is 5. The van der Waals surface area contributed by atoms with Gasteiger partial charge in [0.05, 0.1) is 29.5 Å². The Morgan fingerprint density at radius 3 is 2.82 bits per heavy atom. The molecule has 1 aliphatic rings. The van der Waals surface area contributed by atoms with Gasteiger partial charge >= 0.3 is 0 Å². The van der Waals surface area contributed by atoms with Crippen molar-refractivity contribution in [1.82, 2.24) is 0 Å². The lowest BCUT2D eigenvalue weighted by Gasteiger charge is -2.25. The van der Waals surface area contributed by atoms with Crippen molar-refractivity contribution in [1.29, 1.82) is 5.26 Å². The highest BCUT2D eigenvalue weighted by molar-refractivity contribution is 7.91. The second-order valence-corrected chi connectivity index (χ2v) is 5.87. The van der Waals surface area contributed by atoms with E-state index in [2.05, 4.69) is 5.32 Å². The number of methoxy groups -OCH3 is 1. The van der Waals surface area contributed by atoms with E-state index in [0.29, 0.717) is 17.0 Å². The van der Waals surface area contributed by atoms with Gasteiger partial charge in [0.25, 0.3) is 0 Å². The Morgan fingerprint density at radius 2 is 2.24 bits per heavy atom. The van der Waals surface area contributed by atoms with Gasteiger partial charge in [-0.25, -0.2) is 8.42 Å². The third kappa shape index (κ3) is 1.83. The molecular weight excluding hydrogens is 240 g/mol. The highest BCUT2D eigenvalue weighted by atomic mass is 32.2. The van der Waals surface area contributed by atoms with Crippen LogP contribution in [0.4, 0.5) is 5.69 Å². The molecule has 1 heterocycles. The van der Waals surface area contributed by atoms with E-state index in [4.69, 9.17) is 10.00 Å². The number of nitrogens with zero attached hydrogens (tertiary/aromatic N) is 1. The summed E-state index contributed by atoms with van der Waals surface area (Å²) in [6, 6.07) is 4.58. The van der Waals surface area contributed by atoms with Crippen LogP contribution in [-0.4, -0.2) is 27.3 Å². The molecule has 17 heavy (non-hydrogen) atoms. The van der Waals surface area contributed by atoms with Crippen molar-refractivity contribution in [3.05, 3.63) is 17.7 Å². The van der Waals surface area contributed by atoms with Gasteiger partial charge in [-0.2, -0.15) is 5.26 Å². The maximum Gasteiger partial charge on any atom is 0.183 e. The van der Waals surface area contributed by atoms with Gasteiger partial charge in [0.1, 0.15) is 11.8 Å². The standard InChI is InChI=1S/C11H12N2O3S/c1-7-3-4-9(16-2)10-11(7)17(14,15)6-8(5-12)13-10/h3-4,8,13H,6H2,1-2H3. The number of sulfone groups is 1. The molecule has 0 amide bonds. The van der Waals surface area contributed by atoms with Crippen LogP contribution >= 0.6 is 0 Å². The zero-order valence-corrected chi connectivity index (χ0v) is 10.3. The summed E-state index contributed by atoms with van der Waals surface area (Å²) in [7, 11) is -1.96. The van der Waals surface area contributed by atoms with Gasteiger partial charge in [-0.05, 0) is 18.6 Å². The van der Waals surface area contributed by atoms with E-state index in [1.807, 2.05) is 6.07 Å². The Bertz CT molecular complexity index is 602. The van der Waals surface area contributed by atoms with Crippen LogP contribution in [0.15, 0.2) is 17.0 Å². The minimum atomic E-state index is -3.43. The van der Waals surface area contributed by atoms with Crippen molar-refractivity contribution < 1.29 is 13.2 Å². The predicted octanol–water partition coefficient (Wildman–Crippen LogP) is 1.09. The highest BCUT2D eigenvalue weighted by Crippen LogP contribution is 2.38. The molecule has 90 valence electrons. The van der Waals surface area contributed by atoms with Crippen LogP contribution in [0.5, 0.6) is 5.75 Å². The molecule has 1 aromatic carbocycles. The third-order valence-electron chi connectivity index (χ3n) is 2.71. The molecular formula is C11H12N2O3S. The zero-order chi connectivity index (χ0) is 12.6. The summed E-state index contributed by atoms with van der Waals surface area (Å²) in [6.07, 6.45) is 0. The van der Waals surface area contributed by atoms with Crippen molar-refractivity contribution in [3.8, 4) is 11.8 Å². The number of nitriles is 1. The van der Waals surface area contributed by atoms with Crippen molar-refractivity contribution in [2.24, 2.45) is 0 Å². The Hall–Kier alpha value is -1.74. The van der Waals surface area contributed by atoms with Crippen LogP contribution < -0.4 is 10.1 Å². The van der Waals surface area contributed by atoms with E-state index in [1.165, 1.54) is 7.11 Å². The van der Waals surface area contributed by atoms with Gasteiger partial charge in [0.2, 0.25) is 0 Å². The summed E-state index contributed by atoms with van der Waals surface area (Å²) >= 11 is 0. The number of hydrogen-bond donors (Lipinski definition) is 1. The average Bonchev–Trinajstić information content (AvgIpc) is 2.27. The molecule has 1 atom stereocenters. The smallest absolute Gasteiger partial charge is 0.183 e. The van der Waals surface area contributed by atoms with Gasteiger partial charge in [-0.3, -0.25) is 0 Å². The minimum Gasteiger partial charge on any atom is -0.495 e. The SMILES string of the molecule is COc1ccc(C)c2c1NC(C#N)CS2(=O)=O. The summed E-state index contributed by atoms with van der Waals surface area (Å²) in [6.45, 7) is 1.73. The average molecular weight is 252 g/mol. The van der Waals surface area contributed by atoms with Crippen LogP contribution in [0.1, 0.15) is 5.56 Å². The lowest BCUT2D eigenvalue weighted by Crippen LogP contribution is -2.33. The molecule has 0 saturated carbocycles. The molecule has 1 N–H and O–H groups in total. The summed E-state index contributed by atoms with van der Waals surface area (Å²) < 4.78 is 29.3. The first-order valence-electron chi connectivity index (χ1n) is 5.06. The Kier molecular flexibility index (Phi) is 2.71. The number of ether oxygens (including phenoxy) is 1. The number of anilines is 1. The molecule has 0 bridgehead atoms. The van der Waals surface area contributed by atoms with Crippen LogP contribution in [0.2, 0.25) is 0 Å². The van der Waals surface area contributed by atoms with E-state index in [1.54, 1.807) is 19.1 Å². The molecule has 0 saturated heterocycles. The molecule has 0 spiro atoms. The topological polar surface area (TPSA) is 79.2 Å². The van der Waals surface area contributed by atoms with Crippen LogP contribution in [0.3, 0.4) is 0 Å². The molecule has 0 fully saturated rings. The first kappa shape index (κ1) is 11.7. The Labute approximate surface area is 99.9 Å². The number of benzene rings is 1. The van der Waals surface area contributed by atoms with Gasteiger partial charge in [0, 0.05) is 0 Å². The Balaban J connectivity index is 2.73. The van der Waals surface area contributed by atoms with E-state index in [0.717, 1.165) is 0 Å². The molecule has 1 aliphatic heterocycles. The number of nitrogens with one attached hydrogen (secondary N) is 1. The van der Waals surface area contributed by atoms with Crippen LogP contribution in [-0.2, 0) is 9.84 Å². The number of rotatable bonds is 1. The summed E-state index contributed by atoms with van der Waals surface area (Å²) in [4.78, 5) is 0.239. The molecule has 0 aliphatic carbocycles. The molecule has 0 aromatic heterocycles. The van der Waals surface area contributed by atoms with Crippen molar-refractivity contribution in [2.45, 2.75) is 17.9 Å². The van der Waals surface area contributed by atoms with Crippen molar-refractivity contribution in [2.75, 3.05) is 18.2 Å². The van der Waals surface area contributed by atoms with E-state index >= 15 is 0 Å². The van der Waals surface area contributed by atoms with E-state index < -0.39 is 15.9 Å². The fourth-order valence-electron chi connectivity index (χ4n) is 1.96. The molecule has 1 aromatic rings. The minimum absolute atomic E-state index is 0.204. The van der Waals surface area contributed by atoms with E-state index in [9.17, 15) is 8.42 Å². The van der Waals surface area contributed by atoms with Gasteiger partial charge in [-0.15, -0.1) is 0 Å². The third-order valence-corrected chi connectivity index (χ3v) is 4.63. The molecule has 6 heteroatoms. The molecule has 0 radical (unpaired) electrons. The quantitative estimate of drug-likeness (QED) is 0.809. The molecule has 1 unspecified atom stereocenters. The first-order chi connectivity index (χ1) is 7.99. The molecule has 2 rings (SSSR count). The van der Waals surface area contributed by atoms with Crippen LogP contribution in [0.25, 0.3) is 0 Å². The molecule has 5 nitrogen and oxygen atoms in total. The van der Waals surface area contributed by atoms with Gasteiger partial charge in [0.15, 0.2) is 9.84 Å². The summed E-state index contributed by atoms with van der Waals surface area (Å²) in [5.74, 6) is 0.235. The second kappa shape index (κ2) is 3.93. The largest absolute Gasteiger partial charge is 0.495 e. The number of fused-ring (bicyclic) bond motifs is 1. The first-order valence-corrected chi connectivity index (χ1v) is 6.71. The van der Waals surface area contributed by atoms with Crippen LogP contribution in [0, 0.1) is 18.3 Å². The van der Waals surface area contributed by atoms with Gasteiger partial charge in [-0.1, -0.05) is 6.07 Å². The lowest BCUT2D eigenvalue weighted by atomic mass is 10.2. The monoisotopic (exact) mass is 252 g/mol. The highest BCUT2D eigenvalue weighted by Gasteiger charge is 2.33. The maximum absolute atomic E-state index is 12.1. The maximum atomic E-state index is 12.1. The lowest BCUT2D eigenvalue weighted by molar-refractivity contribution is 0.414.